The van der Waals surface area contributed by atoms with E-state index < -0.39 is 12.1 Å². The number of unbranched alkanes of at least 4 members (excludes halogenated alkanes) is 1. The van der Waals surface area contributed by atoms with Gasteiger partial charge < -0.3 is 15.0 Å². The molecule has 0 aliphatic heterocycles. The molecule has 0 aromatic rings. The summed E-state index contributed by atoms with van der Waals surface area (Å²) in [5.41, 5.74) is 0. The predicted molar refractivity (Wildman–Crippen MR) is 30.5 cm³/mol. The minimum atomic E-state index is -1.37. The zero-order valence-corrected chi connectivity index (χ0v) is 5.46. The van der Waals surface area contributed by atoms with Crippen LogP contribution in [-0.2, 0) is 4.79 Å². The van der Waals surface area contributed by atoms with Crippen molar-refractivity contribution in [2.75, 3.05) is 0 Å². The van der Waals surface area contributed by atoms with Gasteiger partial charge >= 0.3 is 0 Å². The number of carbonyl (C=O) groups excluding carboxylic acids is 1. The van der Waals surface area contributed by atoms with Gasteiger partial charge in [0.05, 0.1) is 12.1 Å². The van der Waals surface area contributed by atoms with Crippen molar-refractivity contribution >= 4 is 5.97 Å². The minimum absolute atomic E-state index is 0.304. The van der Waals surface area contributed by atoms with E-state index in [1.807, 2.05) is 6.92 Å². The van der Waals surface area contributed by atoms with Gasteiger partial charge in [0.1, 0.15) is 0 Å². The number of aliphatic hydroxyl groups excluding tert-OH is 1. The molecule has 0 fully saturated rings. The number of rotatable bonds is 4. The van der Waals surface area contributed by atoms with E-state index in [4.69, 9.17) is 5.11 Å². The Kier molecular flexibility index (Phi) is 4.05. The van der Waals surface area contributed by atoms with Gasteiger partial charge in [-0.05, 0) is 6.42 Å². The summed E-state index contributed by atoms with van der Waals surface area (Å²) in [6, 6.07) is 0. The van der Waals surface area contributed by atoms with Crippen molar-refractivity contribution in [2.45, 2.75) is 32.3 Å². The number of hydrogen-bond donors (Lipinski definition) is 1. The summed E-state index contributed by atoms with van der Waals surface area (Å²) < 4.78 is 0. The van der Waals surface area contributed by atoms with E-state index in [2.05, 4.69) is 0 Å². The van der Waals surface area contributed by atoms with E-state index in [0.29, 0.717) is 6.42 Å². The van der Waals surface area contributed by atoms with Crippen LogP contribution in [0.5, 0.6) is 0 Å². The number of carbonyl (C=O) groups is 1. The fourth-order valence-corrected chi connectivity index (χ4v) is 0.515. The van der Waals surface area contributed by atoms with Crippen molar-refractivity contribution in [1.82, 2.24) is 0 Å². The molecule has 0 unspecified atom stereocenters. The van der Waals surface area contributed by atoms with Gasteiger partial charge in [0.2, 0.25) is 0 Å². The molecule has 0 radical (unpaired) electrons. The lowest BCUT2D eigenvalue weighted by atomic mass is 10.2. The molecule has 0 aliphatic rings. The van der Waals surface area contributed by atoms with Gasteiger partial charge in [-0.1, -0.05) is 19.8 Å². The number of aliphatic carboxylic acids is 1. The average molecular weight is 131 g/mol. The molecule has 3 nitrogen and oxygen atoms in total. The highest BCUT2D eigenvalue weighted by molar-refractivity contribution is 5.69. The number of carboxylic acid groups (broad SMARTS) is 1. The maximum Gasteiger partial charge on any atom is 0.0933 e. The van der Waals surface area contributed by atoms with Gasteiger partial charge in [0.15, 0.2) is 0 Å². The molecule has 1 N–H and O–H groups in total. The lowest BCUT2D eigenvalue weighted by Crippen LogP contribution is -2.35. The highest BCUT2D eigenvalue weighted by Gasteiger charge is 2.01. The maximum absolute atomic E-state index is 9.84. The highest BCUT2D eigenvalue weighted by Crippen LogP contribution is 1.98. The molecular formula is C6H11O3-. The van der Waals surface area contributed by atoms with Crippen LogP contribution in [0.1, 0.15) is 26.2 Å². The first-order valence-electron chi connectivity index (χ1n) is 3.07. The fraction of sp³-hybridized carbons (Fsp3) is 0.833. The van der Waals surface area contributed by atoms with Crippen LogP contribution < -0.4 is 5.11 Å². The largest absolute Gasteiger partial charge is 0.547 e. The van der Waals surface area contributed by atoms with Crippen molar-refractivity contribution < 1.29 is 15.0 Å². The van der Waals surface area contributed by atoms with E-state index in [0.717, 1.165) is 12.8 Å². The number of hydrogen-bond acceptors (Lipinski definition) is 3. The van der Waals surface area contributed by atoms with Crippen LogP contribution in [-0.4, -0.2) is 17.2 Å². The summed E-state index contributed by atoms with van der Waals surface area (Å²) >= 11 is 0. The molecule has 0 saturated heterocycles. The molecule has 0 heterocycles. The summed E-state index contributed by atoms with van der Waals surface area (Å²) in [7, 11) is 0. The van der Waals surface area contributed by atoms with Gasteiger partial charge in [-0.25, -0.2) is 0 Å². The Bertz CT molecular complexity index is 90.3. The first-order chi connectivity index (χ1) is 4.18. The van der Waals surface area contributed by atoms with Crippen LogP contribution in [0.15, 0.2) is 0 Å². The SMILES string of the molecule is CCCC[C@@H](O)C(=O)[O-]. The van der Waals surface area contributed by atoms with Gasteiger partial charge in [0, 0.05) is 0 Å². The monoisotopic (exact) mass is 131 g/mol. The molecule has 0 saturated carbocycles. The Balaban J connectivity index is 3.27. The van der Waals surface area contributed by atoms with Crippen molar-refractivity contribution in [1.29, 1.82) is 0 Å². The van der Waals surface area contributed by atoms with Crippen LogP contribution >= 0.6 is 0 Å². The lowest BCUT2D eigenvalue weighted by Gasteiger charge is -2.09. The minimum Gasteiger partial charge on any atom is -0.547 e. The molecule has 1 atom stereocenters. The van der Waals surface area contributed by atoms with Crippen molar-refractivity contribution in [2.24, 2.45) is 0 Å². The van der Waals surface area contributed by atoms with Crippen LogP contribution in [0.25, 0.3) is 0 Å². The molecule has 0 amide bonds. The second-order valence-electron chi connectivity index (χ2n) is 1.98. The normalized spacial score (nSPS) is 13.1. The van der Waals surface area contributed by atoms with Crippen molar-refractivity contribution in [3.05, 3.63) is 0 Å². The lowest BCUT2D eigenvalue weighted by molar-refractivity contribution is -0.315. The molecule has 54 valence electrons. The molecule has 0 aromatic heterocycles. The zero-order chi connectivity index (χ0) is 7.28. The predicted octanol–water partition coefficient (Wildman–Crippen LogP) is -0.713. The fourth-order valence-electron chi connectivity index (χ4n) is 0.515. The summed E-state index contributed by atoms with van der Waals surface area (Å²) in [6.07, 6.45) is 0.656. The van der Waals surface area contributed by atoms with Crippen LogP contribution in [0.2, 0.25) is 0 Å². The number of carboxylic acids is 1. The standard InChI is InChI=1S/C6H12O3/c1-2-3-4-5(7)6(8)9/h5,7H,2-4H2,1H3,(H,8,9)/p-1/t5-/m1/s1. The Labute approximate surface area is 54.3 Å². The molecule has 0 rings (SSSR count). The second kappa shape index (κ2) is 4.32. The van der Waals surface area contributed by atoms with Gasteiger partial charge in [-0.2, -0.15) is 0 Å². The summed E-state index contributed by atoms with van der Waals surface area (Å²) in [4.78, 5) is 9.84. The second-order valence-corrected chi connectivity index (χ2v) is 1.98. The quantitative estimate of drug-likeness (QED) is 0.548. The van der Waals surface area contributed by atoms with Crippen molar-refractivity contribution in [3.8, 4) is 0 Å². The Morgan fingerprint density at radius 2 is 2.33 bits per heavy atom. The maximum atomic E-state index is 9.84. The van der Waals surface area contributed by atoms with E-state index in [1.165, 1.54) is 0 Å². The number of aliphatic hydroxyl groups is 1. The Hall–Kier alpha value is -0.570. The van der Waals surface area contributed by atoms with Crippen LogP contribution in [0, 0.1) is 0 Å². The summed E-state index contributed by atoms with van der Waals surface area (Å²) in [5, 5.41) is 18.4. The Morgan fingerprint density at radius 3 is 2.67 bits per heavy atom. The smallest absolute Gasteiger partial charge is 0.0933 e. The highest BCUT2D eigenvalue weighted by atomic mass is 16.4. The van der Waals surface area contributed by atoms with Crippen LogP contribution in [0.3, 0.4) is 0 Å². The molecule has 9 heavy (non-hydrogen) atoms. The summed E-state index contributed by atoms with van der Waals surface area (Å²) in [5.74, 6) is -1.37. The third-order valence-electron chi connectivity index (χ3n) is 1.10. The van der Waals surface area contributed by atoms with Gasteiger partial charge in [0.25, 0.3) is 0 Å². The van der Waals surface area contributed by atoms with Crippen molar-refractivity contribution in [3.63, 3.8) is 0 Å². The molecule has 0 aliphatic carbocycles. The third-order valence-corrected chi connectivity index (χ3v) is 1.10. The van der Waals surface area contributed by atoms with E-state index in [1.54, 1.807) is 0 Å². The average Bonchev–Trinajstić information content (AvgIpc) is 1.82. The summed E-state index contributed by atoms with van der Waals surface area (Å²) in [6.45, 7) is 1.93. The molecular weight excluding hydrogens is 120 g/mol. The first kappa shape index (κ1) is 8.43. The van der Waals surface area contributed by atoms with Gasteiger partial charge in [-0.3, -0.25) is 0 Å². The van der Waals surface area contributed by atoms with Crippen LogP contribution in [0.4, 0.5) is 0 Å². The molecule has 0 bridgehead atoms. The topological polar surface area (TPSA) is 60.4 Å². The molecule has 3 heteroatoms. The van der Waals surface area contributed by atoms with E-state index in [-0.39, 0.29) is 0 Å². The molecule has 0 aromatic carbocycles. The van der Waals surface area contributed by atoms with Gasteiger partial charge in [-0.15, -0.1) is 0 Å². The van der Waals surface area contributed by atoms with E-state index in [9.17, 15) is 9.90 Å². The molecule has 0 spiro atoms. The van der Waals surface area contributed by atoms with E-state index >= 15 is 0 Å². The first-order valence-corrected chi connectivity index (χ1v) is 3.07. The zero-order valence-electron chi connectivity index (χ0n) is 5.46. The Morgan fingerprint density at radius 1 is 1.78 bits per heavy atom. The third kappa shape index (κ3) is 3.97.